The van der Waals surface area contributed by atoms with Crippen LogP contribution in [0.15, 0.2) is 48.5 Å². The number of nitrogens with one attached hydrogen (secondary N) is 1. The van der Waals surface area contributed by atoms with Crippen LogP contribution in [0.5, 0.6) is 17.2 Å². The molecule has 1 atom stereocenters. The van der Waals surface area contributed by atoms with Crippen molar-refractivity contribution >= 4 is 21.6 Å². The van der Waals surface area contributed by atoms with Crippen molar-refractivity contribution in [2.75, 3.05) is 37.9 Å². The van der Waals surface area contributed by atoms with Gasteiger partial charge in [-0.15, -0.1) is 0 Å². The highest BCUT2D eigenvalue weighted by Gasteiger charge is 2.18. The molecule has 0 radical (unpaired) electrons. The first-order valence-corrected chi connectivity index (χ1v) is 11.8. The van der Waals surface area contributed by atoms with Gasteiger partial charge in [0.2, 0.25) is 15.9 Å². The van der Waals surface area contributed by atoms with Crippen molar-refractivity contribution in [3.05, 3.63) is 48.5 Å². The second-order valence-corrected chi connectivity index (χ2v) is 9.00. The lowest BCUT2D eigenvalue weighted by molar-refractivity contribution is -0.121. The van der Waals surface area contributed by atoms with Crippen molar-refractivity contribution in [3.63, 3.8) is 0 Å². The van der Waals surface area contributed by atoms with E-state index in [-0.39, 0.29) is 24.9 Å². The normalized spacial score (nSPS) is 12.0. The van der Waals surface area contributed by atoms with E-state index in [9.17, 15) is 13.2 Å². The number of nitrogens with zero attached hydrogens (tertiary/aromatic N) is 1. The van der Waals surface area contributed by atoms with E-state index in [2.05, 4.69) is 5.32 Å². The van der Waals surface area contributed by atoms with Crippen LogP contribution in [0.25, 0.3) is 0 Å². The number of ether oxygens (including phenoxy) is 3. The second-order valence-electron chi connectivity index (χ2n) is 7.09. The number of amides is 1. The lowest BCUT2D eigenvalue weighted by atomic mass is 10.2. The summed E-state index contributed by atoms with van der Waals surface area (Å²) >= 11 is 0. The SMILES string of the molecule is COc1ccc(OCC(C)NC(=O)CCCN(c2ccc(OC)cc2)S(C)(=O)=O)cc1. The monoisotopic (exact) mass is 450 g/mol. The number of hydrogen-bond acceptors (Lipinski definition) is 6. The highest BCUT2D eigenvalue weighted by Crippen LogP contribution is 2.22. The third-order valence-corrected chi connectivity index (χ3v) is 5.69. The molecule has 2 rings (SSSR count). The molecular weight excluding hydrogens is 420 g/mol. The zero-order chi connectivity index (χ0) is 22.9. The van der Waals surface area contributed by atoms with E-state index in [0.717, 1.165) is 12.0 Å². The molecule has 0 bridgehead atoms. The Balaban J connectivity index is 1.79. The molecule has 1 unspecified atom stereocenters. The molecule has 0 fully saturated rings. The predicted octanol–water partition coefficient (Wildman–Crippen LogP) is 2.83. The highest BCUT2D eigenvalue weighted by atomic mass is 32.2. The van der Waals surface area contributed by atoms with Crippen molar-refractivity contribution in [1.29, 1.82) is 0 Å². The Kier molecular flexibility index (Phi) is 8.99. The number of carbonyl (C=O) groups is 1. The van der Waals surface area contributed by atoms with Gasteiger partial charge >= 0.3 is 0 Å². The summed E-state index contributed by atoms with van der Waals surface area (Å²) in [7, 11) is -0.328. The molecule has 9 heteroatoms. The Morgan fingerprint density at radius 1 is 0.968 bits per heavy atom. The van der Waals surface area contributed by atoms with Gasteiger partial charge < -0.3 is 19.5 Å². The minimum absolute atomic E-state index is 0.158. The number of methoxy groups -OCH3 is 2. The molecule has 0 spiro atoms. The van der Waals surface area contributed by atoms with E-state index < -0.39 is 10.0 Å². The second kappa shape index (κ2) is 11.5. The Labute approximate surface area is 184 Å². The van der Waals surface area contributed by atoms with Gasteiger partial charge in [-0.1, -0.05) is 0 Å². The molecular formula is C22H30N2O6S. The number of rotatable bonds is 12. The van der Waals surface area contributed by atoms with E-state index >= 15 is 0 Å². The van der Waals surface area contributed by atoms with E-state index in [4.69, 9.17) is 14.2 Å². The van der Waals surface area contributed by atoms with Gasteiger partial charge in [0.25, 0.3) is 0 Å². The van der Waals surface area contributed by atoms with Crippen LogP contribution >= 0.6 is 0 Å². The van der Waals surface area contributed by atoms with Crippen LogP contribution in [0.4, 0.5) is 5.69 Å². The molecule has 170 valence electrons. The number of anilines is 1. The molecule has 1 N–H and O–H groups in total. The van der Waals surface area contributed by atoms with Crippen LogP contribution in [0.1, 0.15) is 19.8 Å². The van der Waals surface area contributed by atoms with Crippen molar-refractivity contribution < 1.29 is 27.4 Å². The van der Waals surface area contributed by atoms with Crippen LogP contribution < -0.4 is 23.8 Å². The van der Waals surface area contributed by atoms with Crippen molar-refractivity contribution in [3.8, 4) is 17.2 Å². The molecule has 0 saturated heterocycles. The molecule has 2 aromatic rings. The fourth-order valence-corrected chi connectivity index (χ4v) is 3.87. The van der Waals surface area contributed by atoms with Crippen molar-refractivity contribution in [2.24, 2.45) is 0 Å². The van der Waals surface area contributed by atoms with Gasteiger partial charge in [-0.05, 0) is 61.9 Å². The van der Waals surface area contributed by atoms with E-state index in [1.54, 1.807) is 62.8 Å². The van der Waals surface area contributed by atoms with Crippen molar-refractivity contribution in [2.45, 2.75) is 25.8 Å². The molecule has 0 aliphatic heterocycles. The molecule has 1 amide bonds. The average molecular weight is 451 g/mol. The quantitative estimate of drug-likeness (QED) is 0.534. The predicted molar refractivity (Wildman–Crippen MR) is 121 cm³/mol. The van der Waals surface area contributed by atoms with Gasteiger partial charge in [-0.3, -0.25) is 9.10 Å². The summed E-state index contributed by atoms with van der Waals surface area (Å²) in [6, 6.07) is 13.8. The van der Waals surface area contributed by atoms with E-state index in [1.807, 2.05) is 6.92 Å². The van der Waals surface area contributed by atoms with Gasteiger partial charge in [-0.2, -0.15) is 0 Å². The minimum atomic E-state index is -3.47. The topological polar surface area (TPSA) is 94.2 Å². The van der Waals surface area contributed by atoms with Crippen LogP contribution in [-0.4, -0.2) is 54.0 Å². The summed E-state index contributed by atoms with van der Waals surface area (Å²) in [6.45, 7) is 2.37. The van der Waals surface area contributed by atoms with Gasteiger partial charge in [0.15, 0.2) is 0 Å². The Hall–Kier alpha value is -2.94. The maximum Gasteiger partial charge on any atom is 0.232 e. The summed E-state index contributed by atoms with van der Waals surface area (Å²) in [5.74, 6) is 1.91. The Bertz CT molecular complexity index is 929. The molecule has 0 aromatic heterocycles. The maximum absolute atomic E-state index is 12.2. The van der Waals surface area contributed by atoms with Gasteiger partial charge in [0.05, 0.1) is 32.2 Å². The first-order valence-electron chi connectivity index (χ1n) is 9.91. The fraction of sp³-hybridized carbons (Fsp3) is 0.409. The summed E-state index contributed by atoms with van der Waals surface area (Å²) in [5.41, 5.74) is 0.532. The largest absolute Gasteiger partial charge is 0.497 e. The van der Waals surface area contributed by atoms with Crippen LogP contribution in [0.2, 0.25) is 0 Å². The first kappa shape index (κ1) is 24.3. The van der Waals surface area contributed by atoms with E-state index in [0.29, 0.717) is 30.2 Å². The minimum Gasteiger partial charge on any atom is -0.497 e. The zero-order valence-corrected chi connectivity index (χ0v) is 19.1. The standard InChI is InChI=1S/C22H30N2O6S/c1-17(16-30-21-13-11-20(29-3)12-14-21)23-22(25)6-5-15-24(31(4,26)27)18-7-9-19(28-2)10-8-18/h7-14,17H,5-6,15-16H2,1-4H3,(H,23,25). The molecule has 0 heterocycles. The van der Waals surface area contributed by atoms with Gasteiger partial charge in [-0.25, -0.2) is 8.42 Å². The number of hydrogen-bond donors (Lipinski definition) is 1. The Morgan fingerprint density at radius 3 is 2.00 bits per heavy atom. The molecule has 0 aliphatic rings. The average Bonchev–Trinajstić information content (AvgIpc) is 2.75. The lowest BCUT2D eigenvalue weighted by Gasteiger charge is -2.22. The van der Waals surface area contributed by atoms with Gasteiger partial charge in [0.1, 0.15) is 23.9 Å². The lowest BCUT2D eigenvalue weighted by Crippen LogP contribution is -2.37. The highest BCUT2D eigenvalue weighted by molar-refractivity contribution is 7.92. The molecule has 0 aliphatic carbocycles. The maximum atomic E-state index is 12.2. The molecule has 0 saturated carbocycles. The third-order valence-electron chi connectivity index (χ3n) is 4.49. The number of carbonyl (C=O) groups excluding carboxylic acids is 1. The van der Waals surface area contributed by atoms with Gasteiger partial charge in [0, 0.05) is 13.0 Å². The van der Waals surface area contributed by atoms with Crippen LogP contribution in [0.3, 0.4) is 0 Å². The first-order chi connectivity index (χ1) is 14.7. The smallest absolute Gasteiger partial charge is 0.232 e. The van der Waals surface area contributed by atoms with Crippen LogP contribution in [-0.2, 0) is 14.8 Å². The fourth-order valence-electron chi connectivity index (χ4n) is 2.90. The zero-order valence-electron chi connectivity index (χ0n) is 18.3. The van der Waals surface area contributed by atoms with Crippen LogP contribution in [0, 0.1) is 0 Å². The van der Waals surface area contributed by atoms with E-state index in [1.165, 1.54) is 4.31 Å². The molecule has 2 aromatic carbocycles. The molecule has 31 heavy (non-hydrogen) atoms. The molecule has 8 nitrogen and oxygen atoms in total. The third kappa shape index (κ3) is 8.01. The summed E-state index contributed by atoms with van der Waals surface area (Å²) in [5, 5.41) is 2.87. The Morgan fingerprint density at radius 2 is 1.48 bits per heavy atom. The summed E-state index contributed by atoms with van der Waals surface area (Å²) < 4.78 is 41.5. The summed E-state index contributed by atoms with van der Waals surface area (Å²) in [4.78, 5) is 12.2. The number of benzene rings is 2. The van der Waals surface area contributed by atoms with Crippen molar-refractivity contribution in [1.82, 2.24) is 5.32 Å². The number of sulfonamides is 1. The summed E-state index contributed by atoms with van der Waals surface area (Å²) in [6.07, 6.45) is 1.74.